The summed E-state index contributed by atoms with van der Waals surface area (Å²) in [4.78, 5) is 0. The molecule has 0 unspecified atom stereocenters. The first kappa shape index (κ1) is 14.4. The van der Waals surface area contributed by atoms with Gasteiger partial charge in [0.15, 0.2) is 0 Å². The number of para-hydroxylation sites is 2. The minimum absolute atomic E-state index is 0.299. The molecule has 2 rings (SSSR count). The summed E-state index contributed by atoms with van der Waals surface area (Å²) >= 11 is 5.97. The third-order valence-electron chi connectivity index (χ3n) is 2.75. The molecule has 0 aliphatic heterocycles. The summed E-state index contributed by atoms with van der Waals surface area (Å²) in [6.07, 6.45) is 1.68. The van der Waals surface area contributed by atoms with Gasteiger partial charge in [0.2, 0.25) is 0 Å². The van der Waals surface area contributed by atoms with E-state index in [4.69, 9.17) is 16.3 Å². The lowest BCUT2D eigenvalue weighted by molar-refractivity contribution is 0.359. The first-order valence-electron chi connectivity index (χ1n) is 6.22. The van der Waals surface area contributed by atoms with Gasteiger partial charge in [-0.25, -0.2) is 4.39 Å². The molecule has 0 aromatic heterocycles. The third-order valence-corrected chi connectivity index (χ3v) is 3.06. The van der Waals surface area contributed by atoms with Crippen molar-refractivity contribution in [3.8, 4) is 5.75 Å². The van der Waals surface area contributed by atoms with Gasteiger partial charge in [-0.15, -0.1) is 0 Å². The van der Waals surface area contributed by atoms with E-state index in [9.17, 15) is 4.39 Å². The molecule has 0 atom stereocenters. The van der Waals surface area contributed by atoms with Crippen molar-refractivity contribution in [3.63, 3.8) is 0 Å². The SMILES string of the molecule is C=CCOc1ccccc1CNc1c(F)cccc1Cl. The molecule has 1 N–H and O–H groups in total. The quantitative estimate of drug-likeness (QED) is 0.782. The first-order valence-corrected chi connectivity index (χ1v) is 6.59. The lowest BCUT2D eigenvalue weighted by Crippen LogP contribution is -2.05. The summed E-state index contributed by atoms with van der Waals surface area (Å²) < 4.78 is 19.2. The first-order chi connectivity index (χ1) is 9.72. The number of ether oxygens (including phenoxy) is 1. The van der Waals surface area contributed by atoms with Crippen LogP contribution in [0.3, 0.4) is 0 Å². The Morgan fingerprint density at radius 1 is 1.20 bits per heavy atom. The Kier molecular flexibility index (Phi) is 5.02. The van der Waals surface area contributed by atoms with Crippen molar-refractivity contribution in [1.29, 1.82) is 0 Å². The number of rotatable bonds is 6. The highest BCUT2D eigenvalue weighted by atomic mass is 35.5. The molecule has 0 spiro atoms. The fourth-order valence-corrected chi connectivity index (χ4v) is 2.02. The Bertz CT molecular complexity index is 581. The van der Waals surface area contributed by atoms with E-state index >= 15 is 0 Å². The topological polar surface area (TPSA) is 21.3 Å². The maximum atomic E-state index is 13.7. The van der Waals surface area contributed by atoms with Gasteiger partial charge in [-0.1, -0.05) is 48.5 Å². The fourth-order valence-electron chi connectivity index (χ4n) is 1.79. The summed E-state index contributed by atoms with van der Waals surface area (Å²) in [5.41, 5.74) is 1.22. The van der Waals surface area contributed by atoms with Crippen LogP contribution in [0, 0.1) is 5.82 Å². The van der Waals surface area contributed by atoms with Crippen molar-refractivity contribution >= 4 is 17.3 Å². The number of hydrogen-bond donors (Lipinski definition) is 1. The molecule has 0 saturated carbocycles. The molecule has 2 aromatic rings. The van der Waals surface area contributed by atoms with Gasteiger partial charge in [-0.05, 0) is 18.2 Å². The average molecular weight is 292 g/mol. The van der Waals surface area contributed by atoms with E-state index < -0.39 is 0 Å². The Hall–Kier alpha value is -2.00. The molecule has 0 aliphatic rings. The van der Waals surface area contributed by atoms with E-state index in [1.54, 1.807) is 18.2 Å². The highest BCUT2D eigenvalue weighted by Gasteiger charge is 2.08. The zero-order valence-corrected chi connectivity index (χ0v) is 11.7. The molecule has 0 fully saturated rings. The van der Waals surface area contributed by atoms with Gasteiger partial charge in [-0.3, -0.25) is 0 Å². The molecule has 0 saturated heterocycles. The zero-order valence-electron chi connectivity index (χ0n) is 10.9. The van der Waals surface area contributed by atoms with E-state index in [1.165, 1.54) is 6.07 Å². The summed E-state index contributed by atoms with van der Waals surface area (Å²) in [5.74, 6) is 0.370. The van der Waals surface area contributed by atoms with E-state index in [0.717, 1.165) is 11.3 Å². The van der Waals surface area contributed by atoms with Crippen LogP contribution in [-0.4, -0.2) is 6.61 Å². The van der Waals surface area contributed by atoms with E-state index in [2.05, 4.69) is 11.9 Å². The maximum absolute atomic E-state index is 13.7. The van der Waals surface area contributed by atoms with E-state index in [1.807, 2.05) is 24.3 Å². The van der Waals surface area contributed by atoms with Gasteiger partial charge in [0.1, 0.15) is 18.2 Å². The largest absolute Gasteiger partial charge is 0.489 e. The van der Waals surface area contributed by atoms with Crippen LogP contribution in [0.4, 0.5) is 10.1 Å². The average Bonchev–Trinajstić information content (AvgIpc) is 2.45. The molecule has 4 heteroatoms. The van der Waals surface area contributed by atoms with Crippen LogP contribution in [0.15, 0.2) is 55.1 Å². The third kappa shape index (κ3) is 3.52. The summed E-state index contributed by atoms with van der Waals surface area (Å²) in [5, 5.41) is 3.36. The molecule has 20 heavy (non-hydrogen) atoms. The lowest BCUT2D eigenvalue weighted by Gasteiger charge is -2.13. The predicted molar refractivity (Wildman–Crippen MR) is 80.9 cm³/mol. The van der Waals surface area contributed by atoms with E-state index in [0.29, 0.717) is 23.9 Å². The second kappa shape index (κ2) is 6.96. The van der Waals surface area contributed by atoms with E-state index in [-0.39, 0.29) is 5.82 Å². The molecule has 0 heterocycles. The second-order valence-electron chi connectivity index (χ2n) is 4.16. The van der Waals surface area contributed by atoms with Gasteiger partial charge in [-0.2, -0.15) is 0 Å². The molecule has 0 bridgehead atoms. The van der Waals surface area contributed by atoms with Crippen molar-refractivity contribution in [2.24, 2.45) is 0 Å². The summed E-state index contributed by atoms with van der Waals surface area (Å²) in [6, 6.07) is 12.2. The number of hydrogen-bond acceptors (Lipinski definition) is 2. The highest BCUT2D eigenvalue weighted by molar-refractivity contribution is 6.33. The van der Waals surface area contributed by atoms with Crippen molar-refractivity contribution in [2.45, 2.75) is 6.54 Å². The fraction of sp³-hybridized carbons (Fsp3) is 0.125. The van der Waals surface area contributed by atoms with Crippen molar-refractivity contribution < 1.29 is 9.13 Å². The minimum atomic E-state index is -0.373. The molecular formula is C16H15ClFNO. The van der Waals surface area contributed by atoms with Crippen LogP contribution in [0.25, 0.3) is 0 Å². The van der Waals surface area contributed by atoms with Crippen LogP contribution >= 0.6 is 11.6 Å². The molecule has 2 aromatic carbocycles. The van der Waals surface area contributed by atoms with Crippen LogP contribution in [0.5, 0.6) is 5.75 Å². The maximum Gasteiger partial charge on any atom is 0.147 e. The molecule has 2 nitrogen and oxygen atoms in total. The Balaban J connectivity index is 2.13. The standard InChI is InChI=1S/C16H15ClFNO/c1-2-10-20-15-9-4-3-6-12(15)11-19-16-13(17)7-5-8-14(16)18/h2-9,19H,1,10-11H2. The van der Waals surface area contributed by atoms with Gasteiger partial charge in [0.25, 0.3) is 0 Å². The normalized spacial score (nSPS) is 10.1. The summed E-state index contributed by atoms with van der Waals surface area (Å²) in [6.45, 7) is 4.47. The van der Waals surface area contributed by atoms with Crippen LogP contribution in [-0.2, 0) is 6.54 Å². The highest BCUT2D eigenvalue weighted by Crippen LogP contribution is 2.26. The Morgan fingerprint density at radius 3 is 2.75 bits per heavy atom. The molecule has 0 aliphatic carbocycles. The molecule has 104 valence electrons. The predicted octanol–water partition coefficient (Wildman–Crippen LogP) is 4.66. The van der Waals surface area contributed by atoms with Gasteiger partial charge < -0.3 is 10.1 Å². The number of anilines is 1. The number of halogens is 2. The smallest absolute Gasteiger partial charge is 0.147 e. The zero-order chi connectivity index (χ0) is 14.4. The minimum Gasteiger partial charge on any atom is -0.489 e. The van der Waals surface area contributed by atoms with Crippen LogP contribution < -0.4 is 10.1 Å². The molecule has 0 amide bonds. The van der Waals surface area contributed by atoms with Crippen LogP contribution in [0.1, 0.15) is 5.56 Å². The van der Waals surface area contributed by atoms with Crippen molar-refractivity contribution in [1.82, 2.24) is 0 Å². The lowest BCUT2D eigenvalue weighted by atomic mass is 10.2. The van der Waals surface area contributed by atoms with Crippen molar-refractivity contribution in [2.75, 3.05) is 11.9 Å². The molecule has 0 radical (unpaired) electrons. The van der Waals surface area contributed by atoms with Crippen molar-refractivity contribution in [3.05, 3.63) is 71.5 Å². The van der Waals surface area contributed by atoms with Crippen LogP contribution in [0.2, 0.25) is 5.02 Å². The number of nitrogens with one attached hydrogen (secondary N) is 1. The summed E-state index contributed by atoms with van der Waals surface area (Å²) in [7, 11) is 0. The van der Waals surface area contributed by atoms with Gasteiger partial charge >= 0.3 is 0 Å². The van der Waals surface area contributed by atoms with Gasteiger partial charge in [0.05, 0.1) is 10.7 Å². The molecular weight excluding hydrogens is 277 g/mol. The Labute approximate surface area is 122 Å². The van der Waals surface area contributed by atoms with Gasteiger partial charge in [0, 0.05) is 12.1 Å². The second-order valence-corrected chi connectivity index (χ2v) is 4.56. The monoisotopic (exact) mass is 291 g/mol. The Morgan fingerprint density at radius 2 is 2.00 bits per heavy atom. The number of benzene rings is 2.